The van der Waals surface area contributed by atoms with Gasteiger partial charge in [-0.15, -0.1) is 0 Å². The summed E-state index contributed by atoms with van der Waals surface area (Å²) in [5, 5.41) is 0.0465. The number of ketones is 3. The minimum Gasteiger partial charge on any atom is -0.330 e. The van der Waals surface area contributed by atoms with Crippen molar-refractivity contribution in [3.05, 3.63) is 36.4 Å². The first-order valence-corrected chi connectivity index (χ1v) is 16.8. The van der Waals surface area contributed by atoms with E-state index in [1.165, 1.54) is 24.3 Å². The van der Waals surface area contributed by atoms with Crippen molar-refractivity contribution in [2.24, 2.45) is 23.1 Å². The zero-order valence-electron chi connectivity index (χ0n) is 23.7. The van der Waals surface area contributed by atoms with E-state index in [-0.39, 0.29) is 47.0 Å². The van der Waals surface area contributed by atoms with Gasteiger partial charge < -0.3 is 17.2 Å². The van der Waals surface area contributed by atoms with Crippen molar-refractivity contribution in [3.8, 4) is 0 Å². The molecule has 0 saturated carbocycles. The number of hydrogen-bond acceptors (Lipinski definition) is 10. The topological polar surface area (TPSA) is 238 Å². The quantitative estimate of drug-likeness (QED) is 0.111. The van der Waals surface area contributed by atoms with Crippen LogP contribution in [0.5, 0.6) is 0 Å². The van der Waals surface area contributed by atoms with Crippen LogP contribution < -0.4 is 17.2 Å². The van der Waals surface area contributed by atoms with E-state index in [1.54, 1.807) is 0 Å². The van der Waals surface area contributed by atoms with Gasteiger partial charge in [-0.1, -0.05) is 30.7 Å². The molecule has 12 nitrogen and oxygen atoms in total. The Hall–Kier alpha value is -2.59. The minimum atomic E-state index is -4.47. The Labute approximate surface area is 247 Å². The summed E-state index contributed by atoms with van der Waals surface area (Å²) < 4.78 is 62.7. The van der Waals surface area contributed by atoms with E-state index in [2.05, 4.69) is 0 Å². The molecule has 42 heavy (non-hydrogen) atoms. The molecule has 0 radical (unpaired) electrons. The number of unbranched alkanes of at least 4 members (excludes halogenated alkanes) is 3. The van der Waals surface area contributed by atoms with E-state index in [4.69, 9.17) is 26.3 Å². The molecular weight excluding hydrogens is 586 g/mol. The number of rotatable bonds is 19. The van der Waals surface area contributed by atoms with Crippen LogP contribution in [0, 0.1) is 5.92 Å². The van der Waals surface area contributed by atoms with Crippen molar-refractivity contribution in [2.45, 2.75) is 80.4 Å². The monoisotopic (exact) mass is 629 g/mol. The fourth-order valence-corrected chi connectivity index (χ4v) is 5.71. The Balaban J connectivity index is 0.000000435. The van der Waals surface area contributed by atoms with Gasteiger partial charge in [-0.25, -0.2) is 0 Å². The predicted molar refractivity (Wildman–Crippen MR) is 160 cm³/mol. The Morgan fingerprint density at radius 2 is 1.07 bits per heavy atom. The zero-order chi connectivity index (χ0) is 31.8. The van der Waals surface area contributed by atoms with Crippen molar-refractivity contribution in [1.82, 2.24) is 0 Å². The van der Waals surface area contributed by atoms with Crippen molar-refractivity contribution < 1.29 is 40.3 Å². The van der Waals surface area contributed by atoms with E-state index in [9.17, 15) is 31.2 Å². The summed E-state index contributed by atoms with van der Waals surface area (Å²) in [6.45, 7) is 1.39. The standard InChI is InChI=1S/C18H35N3O3.C10H8O6S2/c19-11-5-1-2-10-18(24)15(14-21)13-17(23)8-4-3-7-16(22)9-6-12-20;11-17(12,13)9-5-1-3-7-8(9)4-2-6-10(7)18(14,15)16/h15H,1-14,19-21H2;1-6H,(H,11,12,13)(H,14,15,16). The molecule has 0 fully saturated rings. The molecule has 0 spiro atoms. The van der Waals surface area contributed by atoms with Crippen LogP contribution in [-0.2, 0) is 34.6 Å². The number of hydrogen-bond donors (Lipinski definition) is 5. The summed E-state index contributed by atoms with van der Waals surface area (Å²) in [6.07, 6.45) is 6.96. The van der Waals surface area contributed by atoms with Crippen LogP contribution in [0.25, 0.3) is 10.8 Å². The molecule has 0 saturated heterocycles. The molecule has 1 unspecified atom stereocenters. The number of Topliss-reactive ketones (excluding diaryl/α,β-unsaturated/α-hetero) is 3. The molecule has 2 aromatic carbocycles. The van der Waals surface area contributed by atoms with Crippen molar-refractivity contribution >= 4 is 48.4 Å². The third-order valence-corrected chi connectivity index (χ3v) is 8.38. The van der Waals surface area contributed by atoms with Crippen LogP contribution in [0.1, 0.15) is 70.6 Å². The van der Waals surface area contributed by atoms with E-state index < -0.39 is 30.0 Å². The molecule has 0 amide bonds. The summed E-state index contributed by atoms with van der Waals surface area (Å²) >= 11 is 0. The highest BCUT2D eigenvalue weighted by Gasteiger charge is 2.20. The van der Waals surface area contributed by atoms with Crippen LogP contribution in [0.2, 0.25) is 0 Å². The molecule has 2 aromatic rings. The predicted octanol–water partition coefficient (Wildman–Crippen LogP) is 2.81. The lowest BCUT2D eigenvalue weighted by molar-refractivity contribution is -0.127. The second-order valence-electron chi connectivity index (χ2n) is 9.94. The number of nitrogens with two attached hydrogens (primary N) is 3. The summed E-state index contributed by atoms with van der Waals surface area (Å²) in [6, 6.07) is 7.53. The highest BCUT2D eigenvalue weighted by Crippen LogP contribution is 2.28. The van der Waals surface area contributed by atoms with Gasteiger partial charge in [0.25, 0.3) is 20.2 Å². The van der Waals surface area contributed by atoms with Gasteiger partial charge in [-0.2, -0.15) is 16.8 Å². The third kappa shape index (κ3) is 13.6. The lowest BCUT2D eigenvalue weighted by atomic mass is 9.92. The summed E-state index contributed by atoms with van der Waals surface area (Å²) in [4.78, 5) is 34.7. The maximum Gasteiger partial charge on any atom is 0.295 e. The largest absolute Gasteiger partial charge is 0.330 e. The maximum atomic E-state index is 12.1. The first kappa shape index (κ1) is 37.4. The molecule has 0 aliphatic rings. The molecule has 236 valence electrons. The molecular formula is C28H43N3O9S2. The lowest BCUT2D eigenvalue weighted by Gasteiger charge is -2.12. The average Bonchev–Trinajstić information content (AvgIpc) is 2.93. The van der Waals surface area contributed by atoms with Crippen LogP contribution in [-0.4, -0.2) is 62.9 Å². The summed E-state index contributed by atoms with van der Waals surface area (Å²) in [5.41, 5.74) is 16.4. The van der Waals surface area contributed by atoms with Crippen molar-refractivity contribution in [2.75, 3.05) is 19.6 Å². The van der Waals surface area contributed by atoms with E-state index in [0.717, 1.165) is 44.2 Å². The molecule has 0 aromatic heterocycles. The van der Waals surface area contributed by atoms with Gasteiger partial charge in [-0.3, -0.25) is 23.5 Å². The second-order valence-corrected chi connectivity index (χ2v) is 12.7. The Morgan fingerprint density at radius 1 is 0.619 bits per heavy atom. The van der Waals surface area contributed by atoms with Gasteiger partial charge in [0.2, 0.25) is 0 Å². The number of carbonyl (C=O) groups excluding carboxylic acids is 3. The van der Waals surface area contributed by atoms with Crippen LogP contribution >= 0.6 is 0 Å². The van der Waals surface area contributed by atoms with Gasteiger partial charge >= 0.3 is 0 Å². The molecule has 8 N–H and O–H groups in total. The fourth-order valence-electron chi connectivity index (χ4n) is 4.30. The Kier molecular flexibility index (Phi) is 16.8. The molecule has 0 bridgehead atoms. The number of fused-ring (bicyclic) bond motifs is 1. The lowest BCUT2D eigenvalue weighted by Crippen LogP contribution is -2.26. The zero-order valence-corrected chi connectivity index (χ0v) is 25.4. The van der Waals surface area contributed by atoms with Crippen LogP contribution in [0.4, 0.5) is 0 Å². The van der Waals surface area contributed by atoms with Crippen molar-refractivity contribution in [1.29, 1.82) is 0 Å². The minimum absolute atomic E-state index is 0.0233. The molecule has 0 aliphatic heterocycles. The average molecular weight is 630 g/mol. The Morgan fingerprint density at radius 3 is 1.52 bits per heavy atom. The SMILES string of the molecule is NCCCCCC(=O)C(CN)CC(=O)CCCCC(=O)CCCN.O=S(=O)(O)c1cccc2c(S(=O)(=O)O)cccc12. The highest BCUT2D eigenvalue weighted by molar-refractivity contribution is 7.86. The number of carbonyl (C=O) groups is 3. The van der Waals surface area contributed by atoms with Gasteiger partial charge in [0, 0.05) is 55.3 Å². The second kappa shape index (κ2) is 18.8. The molecule has 2 rings (SSSR count). The molecule has 14 heteroatoms. The van der Waals surface area contributed by atoms with Gasteiger partial charge in [0.1, 0.15) is 27.1 Å². The van der Waals surface area contributed by atoms with Gasteiger partial charge in [-0.05, 0) is 57.3 Å². The molecule has 0 aliphatic carbocycles. The summed E-state index contributed by atoms with van der Waals surface area (Å²) in [5.74, 6) is -0.00282. The molecule has 1 atom stereocenters. The Bertz CT molecular complexity index is 1320. The maximum absolute atomic E-state index is 12.1. The fraction of sp³-hybridized carbons (Fsp3) is 0.536. The van der Waals surface area contributed by atoms with E-state index in [1.807, 2.05) is 0 Å². The van der Waals surface area contributed by atoms with E-state index in [0.29, 0.717) is 45.2 Å². The number of benzene rings is 2. The third-order valence-electron chi connectivity index (χ3n) is 6.56. The first-order valence-electron chi connectivity index (χ1n) is 13.9. The van der Waals surface area contributed by atoms with Gasteiger partial charge in [0.15, 0.2) is 0 Å². The van der Waals surface area contributed by atoms with Crippen LogP contribution in [0.15, 0.2) is 46.2 Å². The molecule has 0 heterocycles. The highest BCUT2D eigenvalue weighted by atomic mass is 32.2. The van der Waals surface area contributed by atoms with Crippen LogP contribution in [0.3, 0.4) is 0 Å². The smallest absolute Gasteiger partial charge is 0.295 e. The van der Waals surface area contributed by atoms with Crippen molar-refractivity contribution in [3.63, 3.8) is 0 Å². The summed E-state index contributed by atoms with van der Waals surface area (Å²) in [7, 11) is -8.94. The van der Waals surface area contributed by atoms with Gasteiger partial charge in [0.05, 0.1) is 0 Å². The van der Waals surface area contributed by atoms with E-state index >= 15 is 0 Å². The normalized spacial score (nSPS) is 12.4. The first-order chi connectivity index (χ1) is 19.8.